The summed E-state index contributed by atoms with van der Waals surface area (Å²) in [4.78, 5) is 15.2. The number of hydrogen-bond donors (Lipinski definition) is 1. The third-order valence-electron chi connectivity index (χ3n) is 6.15. The van der Waals surface area contributed by atoms with Crippen LogP contribution < -0.4 is 10.2 Å². The number of carbonyl (C=O) groups excluding carboxylic acids is 1. The molecule has 0 aromatic heterocycles. The molecule has 0 saturated carbocycles. The largest absolute Gasteiger partial charge is 0.366 e. The van der Waals surface area contributed by atoms with Gasteiger partial charge in [0.25, 0.3) is 5.91 Å². The van der Waals surface area contributed by atoms with Crippen molar-refractivity contribution < 1.29 is 4.79 Å². The summed E-state index contributed by atoms with van der Waals surface area (Å²) in [6, 6.07) is 14.0. The highest BCUT2D eigenvalue weighted by Gasteiger charge is 2.35. The Morgan fingerprint density at radius 2 is 1.97 bits per heavy atom. The molecule has 0 radical (unpaired) electrons. The van der Waals surface area contributed by atoms with Gasteiger partial charge in [0.05, 0.1) is 0 Å². The van der Waals surface area contributed by atoms with E-state index >= 15 is 0 Å². The number of nitrogens with one attached hydrogen (secondary N) is 1. The molecule has 1 aliphatic heterocycles. The number of fused-ring (bicyclic) bond motifs is 1. The molecular weight excluding hydrogens is 370 g/mol. The minimum Gasteiger partial charge on any atom is -0.366 e. The first kappa shape index (κ1) is 21.6. The molecule has 1 amide bonds. The van der Waals surface area contributed by atoms with Gasteiger partial charge in [-0.1, -0.05) is 25.1 Å². The molecule has 1 atom stereocenters. The first-order valence-corrected chi connectivity index (χ1v) is 10.6. The van der Waals surface area contributed by atoms with Crippen molar-refractivity contribution in [1.82, 2.24) is 0 Å². The van der Waals surface area contributed by atoms with Crippen LogP contribution in [-0.2, 0) is 4.79 Å². The van der Waals surface area contributed by atoms with Crippen LogP contribution in [0.25, 0.3) is 6.08 Å². The third kappa shape index (κ3) is 4.11. The predicted octanol–water partition coefficient (Wildman–Crippen LogP) is 5.96. The van der Waals surface area contributed by atoms with Crippen LogP contribution in [-0.4, -0.2) is 18.0 Å². The second kappa shape index (κ2) is 8.36. The summed E-state index contributed by atoms with van der Waals surface area (Å²) < 4.78 is 0. The van der Waals surface area contributed by atoms with Crippen molar-refractivity contribution in [2.45, 2.75) is 59.4 Å². The number of carbonyl (C=O) groups is 1. The number of benzene rings is 2. The van der Waals surface area contributed by atoms with Crippen LogP contribution in [0.2, 0.25) is 0 Å². The van der Waals surface area contributed by atoms with Gasteiger partial charge < -0.3 is 10.2 Å². The van der Waals surface area contributed by atoms with E-state index < -0.39 is 0 Å². The van der Waals surface area contributed by atoms with Gasteiger partial charge >= 0.3 is 0 Å². The Bertz CT molecular complexity index is 1040. The van der Waals surface area contributed by atoms with E-state index in [0.717, 1.165) is 35.3 Å². The molecule has 0 fully saturated rings. The van der Waals surface area contributed by atoms with E-state index in [0.29, 0.717) is 5.92 Å². The van der Waals surface area contributed by atoms with Crippen LogP contribution >= 0.6 is 0 Å². The van der Waals surface area contributed by atoms with Gasteiger partial charge in [-0.15, -0.1) is 0 Å². The molecule has 3 rings (SSSR count). The monoisotopic (exact) mass is 401 g/mol. The lowest BCUT2D eigenvalue weighted by atomic mass is 9.79. The molecule has 2 aromatic rings. The average molecular weight is 402 g/mol. The number of hydrogen-bond acceptors (Lipinski definition) is 3. The summed E-state index contributed by atoms with van der Waals surface area (Å²) in [7, 11) is 0. The number of anilines is 2. The highest BCUT2D eigenvalue weighted by Crippen LogP contribution is 2.44. The summed E-state index contributed by atoms with van der Waals surface area (Å²) in [5.41, 5.74) is 6.43. The van der Waals surface area contributed by atoms with Crippen LogP contribution in [0.5, 0.6) is 0 Å². The van der Waals surface area contributed by atoms with E-state index in [9.17, 15) is 10.1 Å². The van der Waals surface area contributed by atoms with Gasteiger partial charge in [-0.25, -0.2) is 0 Å². The van der Waals surface area contributed by atoms with Crippen molar-refractivity contribution in [3.05, 3.63) is 64.2 Å². The first-order valence-electron chi connectivity index (χ1n) is 10.6. The quantitative estimate of drug-likeness (QED) is 0.508. The normalized spacial score (nSPS) is 17.8. The topological polar surface area (TPSA) is 56.1 Å². The van der Waals surface area contributed by atoms with Crippen molar-refractivity contribution in [3.8, 4) is 6.07 Å². The Kier molecular flexibility index (Phi) is 6.03. The van der Waals surface area contributed by atoms with Gasteiger partial charge in [-0.2, -0.15) is 5.26 Å². The van der Waals surface area contributed by atoms with E-state index in [1.54, 1.807) is 6.08 Å². The van der Waals surface area contributed by atoms with Gasteiger partial charge in [0.1, 0.15) is 11.6 Å². The first-order chi connectivity index (χ1) is 14.2. The van der Waals surface area contributed by atoms with Gasteiger partial charge in [-0.05, 0) is 93.5 Å². The fourth-order valence-corrected chi connectivity index (χ4v) is 4.61. The zero-order valence-electron chi connectivity index (χ0n) is 18.8. The van der Waals surface area contributed by atoms with E-state index in [-0.39, 0.29) is 17.0 Å². The molecule has 1 N–H and O–H groups in total. The number of nitrogens with zero attached hydrogens (tertiary/aromatic N) is 2. The summed E-state index contributed by atoms with van der Waals surface area (Å²) in [5.74, 6) is 0.0326. The number of aryl methyl sites for hydroxylation is 2. The minimum absolute atomic E-state index is 0.107. The fourth-order valence-electron chi connectivity index (χ4n) is 4.61. The van der Waals surface area contributed by atoms with Crippen LogP contribution in [0.4, 0.5) is 11.4 Å². The summed E-state index contributed by atoms with van der Waals surface area (Å²) in [5, 5.41) is 12.5. The highest BCUT2D eigenvalue weighted by molar-refractivity contribution is 6.10. The van der Waals surface area contributed by atoms with E-state index in [2.05, 4.69) is 56.1 Å². The molecule has 0 saturated heterocycles. The van der Waals surface area contributed by atoms with Gasteiger partial charge in [0, 0.05) is 23.5 Å². The van der Waals surface area contributed by atoms with E-state index in [1.165, 1.54) is 11.3 Å². The summed E-state index contributed by atoms with van der Waals surface area (Å²) in [6.07, 6.45) is 2.78. The molecule has 4 heteroatoms. The lowest BCUT2D eigenvalue weighted by Gasteiger charge is -2.47. The van der Waals surface area contributed by atoms with Crippen molar-refractivity contribution in [2.75, 3.05) is 16.8 Å². The Labute approximate surface area is 180 Å². The molecule has 4 nitrogen and oxygen atoms in total. The van der Waals surface area contributed by atoms with E-state index in [4.69, 9.17) is 0 Å². The highest BCUT2D eigenvalue weighted by atomic mass is 16.1. The molecule has 0 aliphatic carbocycles. The molecule has 0 bridgehead atoms. The molecule has 2 aromatic carbocycles. The molecule has 1 heterocycles. The SMILES string of the molecule is CCN1c2cc(C)c(/C=C(\C#N)C(=O)Nc3ccccc3C)cc2C(C)CC1(C)C. The number of amides is 1. The number of para-hydroxylation sites is 1. The molecule has 30 heavy (non-hydrogen) atoms. The number of rotatable bonds is 4. The smallest absolute Gasteiger partial charge is 0.266 e. The van der Waals surface area contributed by atoms with Crippen molar-refractivity contribution in [3.63, 3.8) is 0 Å². The Hall–Kier alpha value is -3.06. The minimum atomic E-state index is -0.381. The maximum atomic E-state index is 12.7. The van der Waals surface area contributed by atoms with Crippen LogP contribution in [0.3, 0.4) is 0 Å². The van der Waals surface area contributed by atoms with Gasteiger partial charge in [0.2, 0.25) is 0 Å². The third-order valence-corrected chi connectivity index (χ3v) is 6.15. The van der Waals surface area contributed by atoms with E-state index in [1.807, 2.05) is 38.1 Å². The van der Waals surface area contributed by atoms with Crippen LogP contribution in [0.1, 0.15) is 62.3 Å². The van der Waals surface area contributed by atoms with Crippen molar-refractivity contribution in [2.24, 2.45) is 0 Å². The predicted molar refractivity (Wildman–Crippen MR) is 125 cm³/mol. The molecule has 156 valence electrons. The maximum absolute atomic E-state index is 12.7. The van der Waals surface area contributed by atoms with Crippen molar-refractivity contribution >= 4 is 23.4 Å². The Balaban J connectivity index is 1.98. The zero-order chi connectivity index (χ0) is 22.1. The van der Waals surface area contributed by atoms with Crippen LogP contribution in [0, 0.1) is 25.2 Å². The summed E-state index contributed by atoms with van der Waals surface area (Å²) in [6.45, 7) is 14.0. The van der Waals surface area contributed by atoms with Gasteiger partial charge in [-0.3, -0.25) is 4.79 Å². The molecule has 1 unspecified atom stereocenters. The molecule has 0 spiro atoms. The number of nitriles is 1. The van der Waals surface area contributed by atoms with Crippen molar-refractivity contribution in [1.29, 1.82) is 5.26 Å². The Morgan fingerprint density at radius 3 is 2.60 bits per heavy atom. The van der Waals surface area contributed by atoms with Crippen LogP contribution in [0.15, 0.2) is 42.0 Å². The fraction of sp³-hybridized carbons (Fsp3) is 0.385. The average Bonchev–Trinajstić information content (AvgIpc) is 2.68. The maximum Gasteiger partial charge on any atom is 0.266 e. The Morgan fingerprint density at radius 1 is 1.27 bits per heavy atom. The second-order valence-electron chi connectivity index (χ2n) is 8.87. The standard InChI is InChI=1S/C26H31N3O/c1-7-29-24-12-18(3)20(14-22(24)19(4)15-26(29,5)6)13-21(16-27)25(30)28-23-11-9-8-10-17(23)2/h8-14,19H,7,15H2,1-6H3,(H,28,30)/b21-13+. The molecular formula is C26H31N3O. The lowest BCUT2D eigenvalue weighted by molar-refractivity contribution is -0.112. The second-order valence-corrected chi connectivity index (χ2v) is 8.87. The molecule has 1 aliphatic rings. The van der Waals surface area contributed by atoms with Gasteiger partial charge in [0.15, 0.2) is 0 Å². The zero-order valence-corrected chi connectivity index (χ0v) is 18.8. The summed E-state index contributed by atoms with van der Waals surface area (Å²) >= 11 is 0. The lowest BCUT2D eigenvalue weighted by Crippen LogP contribution is -2.48.